The molecular weight excluding hydrogens is 464 g/mol. The van der Waals surface area contributed by atoms with Crippen molar-refractivity contribution in [2.24, 2.45) is 0 Å². The molecule has 0 radical (unpaired) electrons. The van der Waals surface area contributed by atoms with E-state index in [1.54, 1.807) is 25.3 Å². The molecule has 0 bridgehead atoms. The first-order valence-electron chi connectivity index (χ1n) is 10.9. The number of ether oxygens (including phenoxy) is 2. The van der Waals surface area contributed by atoms with Gasteiger partial charge >= 0.3 is 0 Å². The summed E-state index contributed by atoms with van der Waals surface area (Å²) in [5, 5.41) is 12.2. The van der Waals surface area contributed by atoms with E-state index in [9.17, 15) is 9.59 Å². The van der Waals surface area contributed by atoms with Gasteiger partial charge in [0.05, 0.1) is 18.6 Å². The van der Waals surface area contributed by atoms with Crippen LogP contribution in [0, 0.1) is 6.92 Å². The number of Topliss-reactive ketones (excluding diaryl/α,β-unsaturated/α-hetero) is 1. The number of carbonyl (C=O) groups excluding carboxylic acids is 2. The number of methoxy groups -OCH3 is 1. The Morgan fingerprint density at radius 2 is 1.86 bits per heavy atom. The van der Waals surface area contributed by atoms with Crippen LogP contribution in [0.1, 0.15) is 15.9 Å². The number of carbonyl (C=O) groups is 2. The van der Waals surface area contributed by atoms with E-state index in [1.807, 2.05) is 60.0 Å². The SMILES string of the molecule is COc1ccc(-c2nnc(SCC(=O)c3ccc4c(c3)NC(=O)CO4)n2-c2ccc(C)cc2)cc1. The number of fused-ring (bicyclic) bond motifs is 1. The highest BCUT2D eigenvalue weighted by Crippen LogP contribution is 2.31. The Kier molecular flexibility index (Phi) is 6.24. The van der Waals surface area contributed by atoms with Gasteiger partial charge in [0.1, 0.15) is 11.5 Å². The van der Waals surface area contributed by atoms with E-state index < -0.39 is 0 Å². The molecule has 1 amide bonds. The number of thioether (sulfide) groups is 1. The molecule has 0 aliphatic carbocycles. The van der Waals surface area contributed by atoms with Gasteiger partial charge < -0.3 is 14.8 Å². The van der Waals surface area contributed by atoms with E-state index >= 15 is 0 Å². The van der Waals surface area contributed by atoms with Gasteiger partial charge in [-0.1, -0.05) is 29.5 Å². The molecular formula is C26H22N4O4S. The molecule has 5 rings (SSSR count). The fourth-order valence-electron chi connectivity index (χ4n) is 3.69. The van der Waals surface area contributed by atoms with Crippen LogP contribution in [0.25, 0.3) is 17.1 Å². The maximum Gasteiger partial charge on any atom is 0.262 e. The number of aromatic nitrogens is 3. The molecule has 0 saturated carbocycles. The minimum Gasteiger partial charge on any atom is -0.497 e. The van der Waals surface area contributed by atoms with Crippen LogP contribution in [0.5, 0.6) is 11.5 Å². The molecule has 0 unspecified atom stereocenters. The van der Waals surface area contributed by atoms with Gasteiger partial charge in [-0.2, -0.15) is 0 Å². The van der Waals surface area contributed by atoms with Crippen LogP contribution in [-0.4, -0.2) is 45.9 Å². The van der Waals surface area contributed by atoms with Gasteiger partial charge in [0.15, 0.2) is 23.4 Å². The first-order chi connectivity index (χ1) is 17.0. The number of anilines is 1. The van der Waals surface area contributed by atoms with Crippen molar-refractivity contribution in [3.63, 3.8) is 0 Å². The first-order valence-corrected chi connectivity index (χ1v) is 11.9. The van der Waals surface area contributed by atoms with E-state index in [1.165, 1.54) is 11.8 Å². The summed E-state index contributed by atoms with van der Waals surface area (Å²) < 4.78 is 12.6. The number of amides is 1. The van der Waals surface area contributed by atoms with Crippen molar-refractivity contribution < 1.29 is 19.1 Å². The van der Waals surface area contributed by atoms with Crippen LogP contribution < -0.4 is 14.8 Å². The molecule has 0 fully saturated rings. The zero-order valence-corrected chi connectivity index (χ0v) is 20.0. The summed E-state index contributed by atoms with van der Waals surface area (Å²) in [6.07, 6.45) is 0. The Hall–Kier alpha value is -4.11. The lowest BCUT2D eigenvalue weighted by atomic mass is 10.1. The lowest BCUT2D eigenvalue weighted by Gasteiger charge is -2.18. The van der Waals surface area contributed by atoms with Crippen molar-refractivity contribution in [1.82, 2.24) is 14.8 Å². The Morgan fingerprint density at radius 3 is 2.60 bits per heavy atom. The summed E-state index contributed by atoms with van der Waals surface area (Å²) >= 11 is 1.31. The van der Waals surface area contributed by atoms with Crippen molar-refractivity contribution in [2.45, 2.75) is 12.1 Å². The summed E-state index contributed by atoms with van der Waals surface area (Å²) in [5.41, 5.74) is 3.90. The standard InChI is InChI=1S/C26H22N4O4S/c1-16-3-8-19(9-4-16)30-25(17-5-10-20(33-2)11-6-17)28-29-26(30)35-15-22(31)18-7-12-23-21(13-18)27-24(32)14-34-23/h3-13H,14-15H2,1-2H3,(H,27,32). The zero-order valence-electron chi connectivity index (χ0n) is 19.1. The van der Waals surface area contributed by atoms with Crippen LogP contribution >= 0.6 is 11.8 Å². The molecule has 1 N–H and O–H groups in total. The third kappa shape index (κ3) is 4.76. The summed E-state index contributed by atoms with van der Waals surface area (Å²) in [4.78, 5) is 24.6. The predicted octanol–water partition coefficient (Wildman–Crippen LogP) is 4.56. The molecule has 4 aromatic rings. The average Bonchev–Trinajstić information content (AvgIpc) is 3.31. The van der Waals surface area contributed by atoms with Gasteiger partial charge in [0.2, 0.25) is 0 Å². The Bertz CT molecular complexity index is 1400. The molecule has 0 spiro atoms. The second-order valence-electron chi connectivity index (χ2n) is 7.97. The number of aryl methyl sites for hydroxylation is 1. The number of benzene rings is 3. The van der Waals surface area contributed by atoms with Crippen molar-refractivity contribution in [3.05, 3.63) is 77.9 Å². The fraction of sp³-hybridized carbons (Fsp3) is 0.154. The number of hydrogen-bond acceptors (Lipinski definition) is 7. The Labute approximate surface area is 206 Å². The van der Waals surface area contributed by atoms with Crippen LogP contribution in [0.4, 0.5) is 5.69 Å². The van der Waals surface area contributed by atoms with Crippen molar-refractivity contribution >= 4 is 29.1 Å². The Morgan fingerprint density at radius 1 is 1.09 bits per heavy atom. The van der Waals surface area contributed by atoms with Crippen LogP contribution in [0.2, 0.25) is 0 Å². The molecule has 1 aliphatic heterocycles. The largest absolute Gasteiger partial charge is 0.497 e. The van der Waals surface area contributed by atoms with E-state index in [0.29, 0.717) is 28.0 Å². The van der Waals surface area contributed by atoms with Crippen molar-refractivity contribution in [2.75, 3.05) is 24.8 Å². The van der Waals surface area contributed by atoms with E-state index in [-0.39, 0.29) is 24.1 Å². The lowest BCUT2D eigenvalue weighted by molar-refractivity contribution is -0.118. The lowest BCUT2D eigenvalue weighted by Crippen LogP contribution is -2.25. The molecule has 3 aromatic carbocycles. The van der Waals surface area contributed by atoms with Crippen LogP contribution in [0.3, 0.4) is 0 Å². The average molecular weight is 487 g/mol. The first kappa shape index (κ1) is 22.7. The van der Waals surface area contributed by atoms with E-state index in [2.05, 4.69) is 15.5 Å². The smallest absolute Gasteiger partial charge is 0.262 e. The third-order valence-electron chi connectivity index (χ3n) is 5.54. The zero-order chi connectivity index (χ0) is 24.4. The summed E-state index contributed by atoms with van der Waals surface area (Å²) in [5.74, 6) is 1.79. The number of ketones is 1. The highest BCUT2D eigenvalue weighted by atomic mass is 32.2. The maximum absolute atomic E-state index is 13.0. The van der Waals surface area contributed by atoms with Gasteiger partial charge in [-0.05, 0) is 61.5 Å². The molecule has 35 heavy (non-hydrogen) atoms. The quantitative estimate of drug-likeness (QED) is 0.302. The third-order valence-corrected chi connectivity index (χ3v) is 6.47. The highest BCUT2D eigenvalue weighted by molar-refractivity contribution is 7.99. The van der Waals surface area contributed by atoms with Crippen molar-refractivity contribution in [3.8, 4) is 28.6 Å². The number of nitrogens with zero attached hydrogens (tertiary/aromatic N) is 3. The predicted molar refractivity (Wildman–Crippen MR) is 134 cm³/mol. The number of hydrogen-bond donors (Lipinski definition) is 1. The number of nitrogens with one attached hydrogen (secondary N) is 1. The second kappa shape index (κ2) is 9.63. The fourth-order valence-corrected chi connectivity index (χ4v) is 4.53. The summed E-state index contributed by atoms with van der Waals surface area (Å²) in [7, 11) is 1.62. The minimum absolute atomic E-state index is 0.0264. The highest BCUT2D eigenvalue weighted by Gasteiger charge is 2.20. The molecule has 1 aliphatic rings. The Balaban J connectivity index is 1.43. The minimum atomic E-state index is -0.242. The molecule has 1 aromatic heterocycles. The molecule has 2 heterocycles. The molecule has 9 heteroatoms. The van der Waals surface area contributed by atoms with Gasteiger partial charge in [0.25, 0.3) is 5.91 Å². The van der Waals surface area contributed by atoms with Gasteiger partial charge in [-0.15, -0.1) is 10.2 Å². The number of rotatable bonds is 7. The van der Waals surface area contributed by atoms with Crippen molar-refractivity contribution in [1.29, 1.82) is 0 Å². The van der Waals surface area contributed by atoms with Gasteiger partial charge in [-0.25, -0.2) is 0 Å². The summed E-state index contributed by atoms with van der Waals surface area (Å²) in [6, 6.07) is 20.7. The monoisotopic (exact) mass is 486 g/mol. The molecule has 0 saturated heterocycles. The topological polar surface area (TPSA) is 95.3 Å². The van der Waals surface area contributed by atoms with Gasteiger partial charge in [-0.3, -0.25) is 14.2 Å². The van der Waals surface area contributed by atoms with E-state index in [4.69, 9.17) is 9.47 Å². The normalized spacial score (nSPS) is 12.5. The molecule has 0 atom stereocenters. The maximum atomic E-state index is 13.0. The molecule has 8 nitrogen and oxygen atoms in total. The summed E-state index contributed by atoms with van der Waals surface area (Å²) in [6.45, 7) is 2.00. The van der Waals surface area contributed by atoms with Crippen LogP contribution in [-0.2, 0) is 4.79 Å². The second-order valence-corrected chi connectivity index (χ2v) is 8.91. The van der Waals surface area contributed by atoms with E-state index in [0.717, 1.165) is 22.6 Å². The van der Waals surface area contributed by atoms with Gasteiger partial charge in [0, 0.05) is 16.8 Å². The van der Waals surface area contributed by atoms with Crippen LogP contribution in [0.15, 0.2) is 71.9 Å². The molecule has 176 valence electrons.